The Balaban J connectivity index is 1.60. The Bertz CT molecular complexity index is 878. The van der Waals surface area contributed by atoms with Gasteiger partial charge in [-0.25, -0.2) is 14.4 Å². The normalized spacial score (nSPS) is 19.2. The SMILES string of the molecule is C=C(C)C(=O)OCCOCCOCCOC(=O)Oc1ccc(C(=O)OC2CC(C)CCC2C(C)C)cc1. The predicted molar refractivity (Wildman–Crippen MR) is 136 cm³/mol. The summed E-state index contributed by atoms with van der Waals surface area (Å²) in [5.74, 6) is 0.801. The third-order valence-electron chi connectivity index (χ3n) is 6.14. The molecule has 37 heavy (non-hydrogen) atoms. The van der Waals surface area contributed by atoms with E-state index >= 15 is 0 Å². The van der Waals surface area contributed by atoms with Crippen LogP contribution in [0.25, 0.3) is 0 Å². The lowest BCUT2D eigenvalue weighted by molar-refractivity contribution is -0.140. The fraction of sp³-hybridized carbons (Fsp3) is 0.607. The first-order chi connectivity index (χ1) is 17.7. The molecule has 0 aliphatic heterocycles. The molecule has 1 aromatic rings. The molecule has 1 aromatic carbocycles. The van der Waals surface area contributed by atoms with Crippen LogP contribution < -0.4 is 4.74 Å². The highest BCUT2D eigenvalue weighted by Gasteiger charge is 2.33. The lowest BCUT2D eigenvalue weighted by Gasteiger charge is -2.36. The van der Waals surface area contributed by atoms with Gasteiger partial charge in [0, 0.05) is 5.57 Å². The minimum atomic E-state index is -0.870. The van der Waals surface area contributed by atoms with Crippen molar-refractivity contribution >= 4 is 18.1 Å². The van der Waals surface area contributed by atoms with Crippen LogP contribution in [0, 0.1) is 17.8 Å². The largest absolute Gasteiger partial charge is 0.513 e. The van der Waals surface area contributed by atoms with Crippen LogP contribution in [-0.4, -0.2) is 63.8 Å². The Morgan fingerprint density at radius 3 is 2.11 bits per heavy atom. The molecule has 9 nitrogen and oxygen atoms in total. The number of rotatable bonds is 14. The van der Waals surface area contributed by atoms with Crippen LogP contribution in [-0.2, 0) is 28.5 Å². The topological polar surface area (TPSA) is 107 Å². The van der Waals surface area contributed by atoms with Gasteiger partial charge < -0.3 is 28.4 Å². The van der Waals surface area contributed by atoms with Gasteiger partial charge in [0.25, 0.3) is 0 Å². The molecule has 0 saturated heterocycles. The van der Waals surface area contributed by atoms with Crippen molar-refractivity contribution in [2.24, 2.45) is 17.8 Å². The summed E-state index contributed by atoms with van der Waals surface area (Å²) in [6, 6.07) is 6.21. The summed E-state index contributed by atoms with van der Waals surface area (Å²) in [5, 5.41) is 0. The van der Waals surface area contributed by atoms with Gasteiger partial charge in [-0.3, -0.25) is 0 Å². The van der Waals surface area contributed by atoms with Gasteiger partial charge in [-0.2, -0.15) is 0 Å². The lowest BCUT2D eigenvalue weighted by atomic mass is 9.75. The highest BCUT2D eigenvalue weighted by atomic mass is 16.7. The quantitative estimate of drug-likeness (QED) is 0.110. The van der Waals surface area contributed by atoms with Crippen molar-refractivity contribution in [3.63, 3.8) is 0 Å². The van der Waals surface area contributed by atoms with Crippen LogP contribution in [0.15, 0.2) is 36.4 Å². The molecule has 9 heteroatoms. The standard InChI is InChI=1S/C28H40O9/c1-19(2)24-11-6-21(5)18-25(24)37-27(30)22-7-9-23(10-8-22)36-28(31)35-17-15-33-13-12-32-14-16-34-26(29)20(3)4/h7-10,19,21,24-25H,3,6,11-18H2,1-2,4-5H3. The number of carbonyl (C=O) groups excluding carboxylic acids is 3. The second kappa shape index (κ2) is 16.0. The molecule has 1 aliphatic rings. The fourth-order valence-corrected chi connectivity index (χ4v) is 4.06. The van der Waals surface area contributed by atoms with Crippen molar-refractivity contribution in [3.8, 4) is 5.75 Å². The van der Waals surface area contributed by atoms with Crippen molar-refractivity contribution in [2.45, 2.75) is 53.1 Å². The summed E-state index contributed by atoms with van der Waals surface area (Å²) in [5.41, 5.74) is 0.744. The summed E-state index contributed by atoms with van der Waals surface area (Å²) < 4.78 is 31.4. The molecular formula is C28H40O9. The molecule has 0 amide bonds. The number of ether oxygens (including phenoxy) is 6. The monoisotopic (exact) mass is 520 g/mol. The van der Waals surface area contributed by atoms with E-state index in [1.807, 2.05) is 0 Å². The molecule has 1 saturated carbocycles. The van der Waals surface area contributed by atoms with Crippen LogP contribution in [0.5, 0.6) is 5.75 Å². The van der Waals surface area contributed by atoms with E-state index in [0.717, 1.165) is 19.3 Å². The summed E-state index contributed by atoms with van der Waals surface area (Å²) in [6.07, 6.45) is 2.16. The van der Waals surface area contributed by atoms with Gasteiger partial charge >= 0.3 is 18.1 Å². The first-order valence-electron chi connectivity index (χ1n) is 12.8. The van der Waals surface area contributed by atoms with E-state index in [9.17, 15) is 14.4 Å². The molecule has 1 fully saturated rings. The number of hydrogen-bond acceptors (Lipinski definition) is 9. The number of benzene rings is 1. The van der Waals surface area contributed by atoms with Crippen molar-refractivity contribution in [1.82, 2.24) is 0 Å². The van der Waals surface area contributed by atoms with Gasteiger partial charge in [0.1, 0.15) is 25.1 Å². The molecule has 0 N–H and O–H groups in total. The highest BCUT2D eigenvalue weighted by Crippen LogP contribution is 2.35. The van der Waals surface area contributed by atoms with E-state index in [4.69, 9.17) is 28.4 Å². The van der Waals surface area contributed by atoms with Gasteiger partial charge in [0.2, 0.25) is 0 Å². The summed E-state index contributed by atoms with van der Waals surface area (Å²) in [4.78, 5) is 35.7. The molecule has 1 aliphatic carbocycles. The van der Waals surface area contributed by atoms with Gasteiger partial charge in [-0.15, -0.1) is 0 Å². The first kappa shape index (κ1) is 30.3. The number of esters is 2. The lowest BCUT2D eigenvalue weighted by Crippen LogP contribution is -2.35. The molecule has 2 rings (SSSR count). The molecular weight excluding hydrogens is 480 g/mol. The first-order valence-corrected chi connectivity index (χ1v) is 12.8. The molecule has 3 atom stereocenters. The number of carbonyl (C=O) groups is 3. The van der Waals surface area contributed by atoms with E-state index in [2.05, 4.69) is 27.4 Å². The van der Waals surface area contributed by atoms with E-state index in [1.54, 1.807) is 19.1 Å². The maximum Gasteiger partial charge on any atom is 0.513 e. The maximum atomic E-state index is 12.7. The van der Waals surface area contributed by atoms with Gasteiger partial charge in [0.15, 0.2) is 0 Å². The van der Waals surface area contributed by atoms with Crippen molar-refractivity contribution in [1.29, 1.82) is 0 Å². The van der Waals surface area contributed by atoms with Gasteiger partial charge in [-0.05, 0) is 61.8 Å². The Morgan fingerprint density at radius 1 is 0.919 bits per heavy atom. The Kier molecular flexibility index (Phi) is 13.1. The molecule has 0 spiro atoms. The zero-order chi connectivity index (χ0) is 27.2. The molecule has 0 bridgehead atoms. The third-order valence-corrected chi connectivity index (χ3v) is 6.14. The minimum absolute atomic E-state index is 0.0102. The summed E-state index contributed by atoms with van der Waals surface area (Å²) in [6.45, 7) is 12.8. The van der Waals surface area contributed by atoms with E-state index < -0.39 is 12.1 Å². The fourth-order valence-electron chi connectivity index (χ4n) is 4.06. The smallest absolute Gasteiger partial charge is 0.460 e. The Hall–Kier alpha value is -2.91. The molecule has 0 radical (unpaired) electrons. The highest BCUT2D eigenvalue weighted by molar-refractivity contribution is 5.89. The zero-order valence-corrected chi connectivity index (χ0v) is 22.4. The third kappa shape index (κ3) is 11.3. The van der Waals surface area contributed by atoms with Crippen LogP contribution in [0.4, 0.5) is 4.79 Å². The van der Waals surface area contributed by atoms with Crippen LogP contribution in [0.2, 0.25) is 0 Å². The average molecular weight is 521 g/mol. The van der Waals surface area contributed by atoms with Crippen molar-refractivity contribution in [2.75, 3.05) is 39.6 Å². The Labute approximate surface area is 219 Å². The molecule has 0 heterocycles. The summed E-state index contributed by atoms with van der Waals surface area (Å²) >= 11 is 0. The van der Waals surface area contributed by atoms with Crippen LogP contribution in [0.1, 0.15) is 57.3 Å². The predicted octanol–water partition coefficient (Wildman–Crippen LogP) is 4.97. The van der Waals surface area contributed by atoms with Gasteiger partial charge in [-0.1, -0.05) is 33.8 Å². The van der Waals surface area contributed by atoms with Crippen LogP contribution >= 0.6 is 0 Å². The molecule has 3 unspecified atom stereocenters. The van der Waals surface area contributed by atoms with E-state index in [1.165, 1.54) is 12.1 Å². The second-order valence-corrected chi connectivity index (χ2v) is 9.64. The van der Waals surface area contributed by atoms with E-state index in [-0.39, 0.29) is 44.3 Å². The van der Waals surface area contributed by atoms with Crippen LogP contribution in [0.3, 0.4) is 0 Å². The van der Waals surface area contributed by atoms with Crippen molar-refractivity contribution < 1.29 is 42.8 Å². The van der Waals surface area contributed by atoms with Gasteiger partial charge in [0.05, 0.1) is 32.0 Å². The average Bonchev–Trinajstić information content (AvgIpc) is 2.85. The molecule has 0 aromatic heterocycles. The Morgan fingerprint density at radius 2 is 1.51 bits per heavy atom. The summed E-state index contributed by atoms with van der Waals surface area (Å²) in [7, 11) is 0. The number of hydrogen-bond donors (Lipinski definition) is 0. The maximum absolute atomic E-state index is 12.7. The van der Waals surface area contributed by atoms with Crippen molar-refractivity contribution in [3.05, 3.63) is 42.0 Å². The minimum Gasteiger partial charge on any atom is -0.460 e. The van der Waals surface area contributed by atoms with E-state index in [0.29, 0.717) is 42.1 Å². The zero-order valence-electron chi connectivity index (χ0n) is 22.4. The second-order valence-electron chi connectivity index (χ2n) is 9.64. The molecule has 206 valence electrons.